The molecule has 6 nitrogen and oxygen atoms in total. The first-order valence-electron chi connectivity index (χ1n) is 7.19. The highest BCUT2D eigenvalue weighted by atomic mass is 16.5. The molecule has 0 aromatic heterocycles. The zero-order valence-electron chi connectivity index (χ0n) is 13.2. The van der Waals surface area contributed by atoms with Crippen molar-refractivity contribution in [2.75, 3.05) is 20.3 Å². The van der Waals surface area contributed by atoms with Crippen LogP contribution in [0.5, 0.6) is 5.75 Å². The van der Waals surface area contributed by atoms with Crippen molar-refractivity contribution in [1.29, 1.82) is 0 Å². The van der Waals surface area contributed by atoms with Gasteiger partial charge in [-0.2, -0.15) is 0 Å². The first kappa shape index (κ1) is 18.0. The number of ether oxygens (including phenoxy) is 2. The minimum atomic E-state index is -1.03. The molecular weight excluding hydrogens is 286 g/mol. The molecular formula is C16H23NO5. The Balaban J connectivity index is 2.62. The summed E-state index contributed by atoms with van der Waals surface area (Å²) in [5.41, 5.74) is 0.397. The summed E-state index contributed by atoms with van der Waals surface area (Å²) in [5, 5.41) is 11.7. The molecule has 1 unspecified atom stereocenters. The standard InChI is InChI=1S/C16H23NO5/c1-11(2)10-14(16(19)20)17-15(18)12-4-6-13(7-5-12)22-9-8-21-3/h4-7,11,14H,8-10H2,1-3H3,(H,17,18)(H,19,20). The van der Waals surface area contributed by atoms with E-state index in [1.54, 1.807) is 31.4 Å². The molecule has 0 fully saturated rings. The van der Waals surface area contributed by atoms with E-state index in [4.69, 9.17) is 14.6 Å². The van der Waals surface area contributed by atoms with Crippen LogP contribution in [0.25, 0.3) is 0 Å². The van der Waals surface area contributed by atoms with Crippen LogP contribution in [0.4, 0.5) is 0 Å². The van der Waals surface area contributed by atoms with E-state index in [2.05, 4.69) is 5.32 Å². The van der Waals surface area contributed by atoms with Gasteiger partial charge in [-0.25, -0.2) is 4.79 Å². The Morgan fingerprint density at radius 1 is 1.18 bits per heavy atom. The fourth-order valence-corrected chi connectivity index (χ4v) is 1.88. The Morgan fingerprint density at radius 3 is 2.32 bits per heavy atom. The van der Waals surface area contributed by atoms with E-state index in [1.165, 1.54) is 0 Å². The maximum atomic E-state index is 12.1. The van der Waals surface area contributed by atoms with Crippen molar-refractivity contribution >= 4 is 11.9 Å². The van der Waals surface area contributed by atoms with Crippen LogP contribution in [-0.4, -0.2) is 43.3 Å². The average Bonchev–Trinajstić information content (AvgIpc) is 2.47. The van der Waals surface area contributed by atoms with Gasteiger partial charge in [-0.05, 0) is 36.6 Å². The molecule has 0 heterocycles. The molecule has 0 bridgehead atoms. The number of rotatable bonds is 9. The molecule has 1 aromatic rings. The highest BCUT2D eigenvalue weighted by Crippen LogP contribution is 2.13. The van der Waals surface area contributed by atoms with Crippen LogP contribution >= 0.6 is 0 Å². The summed E-state index contributed by atoms with van der Waals surface area (Å²) in [5.74, 6) is -0.624. The van der Waals surface area contributed by atoms with Gasteiger partial charge < -0.3 is 19.9 Å². The van der Waals surface area contributed by atoms with Crippen LogP contribution in [0.1, 0.15) is 30.6 Å². The van der Waals surface area contributed by atoms with Gasteiger partial charge in [0.05, 0.1) is 6.61 Å². The number of aliphatic carboxylic acids is 1. The Bertz CT molecular complexity index is 484. The Labute approximate surface area is 130 Å². The number of carboxylic acid groups (broad SMARTS) is 1. The summed E-state index contributed by atoms with van der Waals surface area (Å²) >= 11 is 0. The Hall–Kier alpha value is -2.08. The van der Waals surface area contributed by atoms with Crippen molar-refractivity contribution in [3.63, 3.8) is 0 Å². The second-order valence-electron chi connectivity index (χ2n) is 5.36. The van der Waals surface area contributed by atoms with Crippen molar-refractivity contribution in [2.45, 2.75) is 26.3 Å². The molecule has 0 aliphatic rings. The third-order valence-electron chi connectivity index (χ3n) is 2.98. The predicted molar refractivity (Wildman–Crippen MR) is 82.2 cm³/mol. The molecule has 1 rings (SSSR count). The molecule has 1 atom stereocenters. The third-order valence-corrected chi connectivity index (χ3v) is 2.98. The SMILES string of the molecule is COCCOc1ccc(C(=O)NC(CC(C)C)C(=O)O)cc1. The van der Waals surface area contributed by atoms with E-state index < -0.39 is 17.9 Å². The molecule has 1 amide bonds. The van der Waals surface area contributed by atoms with Crippen LogP contribution in [0.3, 0.4) is 0 Å². The molecule has 0 aliphatic heterocycles. The molecule has 1 aromatic carbocycles. The smallest absolute Gasteiger partial charge is 0.326 e. The maximum absolute atomic E-state index is 12.1. The number of hydrogen-bond donors (Lipinski definition) is 2. The lowest BCUT2D eigenvalue weighted by Crippen LogP contribution is -2.41. The van der Waals surface area contributed by atoms with Crippen LogP contribution in [0, 0.1) is 5.92 Å². The molecule has 6 heteroatoms. The molecule has 22 heavy (non-hydrogen) atoms. The second-order valence-corrected chi connectivity index (χ2v) is 5.36. The summed E-state index contributed by atoms with van der Waals surface area (Å²) in [6, 6.07) is 5.66. The van der Waals surface area contributed by atoms with Crippen molar-refractivity contribution in [2.24, 2.45) is 5.92 Å². The second kappa shape index (κ2) is 9.04. The first-order valence-corrected chi connectivity index (χ1v) is 7.19. The van der Waals surface area contributed by atoms with Crippen molar-refractivity contribution in [1.82, 2.24) is 5.32 Å². The van der Waals surface area contributed by atoms with Crippen LogP contribution in [-0.2, 0) is 9.53 Å². The van der Waals surface area contributed by atoms with Gasteiger partial charge in [0, 0.05) is 12.7 Å². The summed E-state index contributed by atoms with van der Waals surface area (Å²) in [6.07, 6.45) is 0.388. The largest absolute Gasteiger partial charge is 0.491 e. The molecule has 0 saturated heterocycles. The first-order chi connectivity index (χ1) is 10.4. The van der Waals surface area contributed by atoms with Gasteiger partial charge in [-0.15, -0.1) is 0 Å². The number of methoxy groups -OCH3 is 1. The minimum Gasteiger partial charge on any atom is -0.491 e. The van der Waals surface area contributed by atoms with E-state index in [0.717, 1.165) is 0 Å². The summed E-state index contributed by atoms with van der Waals surface area (Å²) in [4.78, 5) is 23.2. The highest BCUT2D eigenvalue weighted by Gasteiger charge is 2.21. The monoisotopic (exact) mass is 309 g/mol. The topological polar surface area (TPSA) is 84.9 Å². The highest BCUT2D eigenvalue weighted by molar-refractivity contribution is 5.96. The zero-order valence-corrected chi connectivity index (χ0v) is 13.2. The lowest BCUT2D eigenvalue weighted by atomic mass is 10.0. The van der Waals surface area contributed by atoms with Gasteiger partial charge in [0.25, 0.3) is 5.91 Å². The Morgan fingerprint density at radius 2 is 1.82 bits per heavy atom. The number of carboxylic acids is 1. The van der Waals surface area contributed by atoms with E-state index in [9.17, 15) is 9.59 Å². The van der Waals surface area contributed by atoms with Crippen molar-refractivity contribution in [3.05, 3.63) is 29.8 Å². The lowest BCUT2D eigenvalue weighted by Gasteiger charge is -2.16. The molecule has 0 spiro atoms. The van der Waals surface area contributed by atoms with Gasteiger partial charge in [-0.1, -0.05) is 13.8 Å². The number of amides is 1. The maximum Gasteiger partial charge on any atom is 0.326 e. The minimum absolute atomic E-state index is 0.179. The fourth-order valence-electron chi connectivity index (χ4n) is 1.88. The third kappa shape index (κ3) is 6.13. The summed E-state index contributed by atoms with van der Waals surface area (Å²) < 4.78 is 10.3. The molecule has 0 saturated carbocycles. The number of benzene rings is 1. The van der Waals surface area contributed by atoms with Gasteiger partial charge in [-0.3, -0.25) is 4.79 Å². The molecule has 0 aliphatic carbocycles. The number of carbonyl (C=O) groups is 2. The van der Waals surface area contributed by atoms with Gasteiger partial charge in [0.1, 0.15) is 18.4 Å². The number of nitrogens with one attached hydrogen (secondary N) is 1. The molecule has 122 valence electrons. The number of carbonyl (C=O) groups excluding carboxylic acids is 1. The van der Waals surface area contributed by atoms with Gasteiger partial charge >= 0.3 is 5.97 Å². The quantitative estimate of drug-likeness (QED) is 0.681. The van der Waals surface area contributed by atoms with Gasteiger partial charge in [0.15, 0.2) is 0 Å². The number of hydrogen-bond acceptors (Lipinski definition) is 4. The van der Waals surface area contributed by atoms with Crippen molar-refractivity contribution in [3.8, 4) is 5.75 Å². The lowest BCUT2D eigenvalue weighted by molar-refractivity contribution is -0.139. The summed E-state index contributed by atoms with van der Waals surface area (Å²) in [6.45, 7) is 4.73. The molecule has 0 radical (unpaired) electrons. The Kier molecular flexibility index (Phi) is 7.39. The van der Waals surface area contributed by atoms with Crippen LogP contribution in [0.2, 0.25) is 0 Å². The predicted octanol–water partition coefficient (Wildman–Crippen LogP) is 1.94. The molecule has 2 N–H and O–H groups in total. The van der Waals surface area contributed by atoms with E-state index in [-0.39, 0.29) is 5.92 Å². The van der Waals surface area contributed by atoms with E-state index >= 15 is 0 Å². The fraction of sp³-hybridized carbons (Fsp3) is 0.500. The van der Waals surface area contributed by atoms with E-state index in [0.29, 0.717) is 30.9 Å². The normalized spacial score (nSPS) is 12.0. The van der Waals surface area contributed by atoms with Crippen molar-refractivity contribution < 1.29 is 24.2 Å². The summed E-state index contributed by atoms with van der Waals surface area (Å²) in [7, 11) is 1.59. The van der Waals surface area contributed by atoms with E-state index in [1.807, 2.05) is 13.8 Å². The average molecular weight is 309 g/mol. The van der Waals surface area contributed by atoms with Gasteiger partial charge in [0.2, 0.25) is 0 Å². The zero-order chi connectivity index (χ0) is 16.5. The van der Waals surface area contributed by atoms with Crippen LogP contribution < -0.4 is 10.1 Å². The van der Waals surface area contributed by atoms with Crippen LogP contribution in [0.15, 0.2) is 24.3 Å².